The molecule has 2 heterocycles. The summed E-state index contributed by atoms with van der Waals surface area (Å²) >= 11 is 0. The second-order valence-corrected chi connectivity index (χ2v) is 8.70. The van der Waals surface area contributed by atoms with E-state index in [1.165, 1.54) is 27.9 Å². The Bertz CT molecular complexity index is 1080. The molecule has 3 aromatic carbocycles. The van der Waals surface area contributed by atoms with E-state index < -0.39 is 0 Å². The van der Waals surface area contributed by atoms with Crippen molar-refractivity contribution >= 4 is 5.69 Å². The van der Waals surface area contributed by atoms with Crippen molar-refractivity contribution in [3.8, 4) is 11.5 Å². The highest BCUT2D eigenvalue weighted by molar-refractivity contribution is 5.61. The average Bonchev–Trinajstić information content (AvgIpc) is 3.23. The number of nitrogens with one attached hydrogen (secondary N) is 2. The van der Waals surface area contributed by atoms with Gasteiger partial charge in [-0.1, -0.05) is 42.0 Å². The van der Waals surface area contributed by atoms with Crippen molar-refractivity contribution in [1.82, 2.24) is 10.9 Å². The van der Waals surface area contributed by atoms with Crippen LogP contribution in [0.15, 0.2) is 66.7 Å². The van der Waals surface area contributed by atoms with Gasteiger partial charge in [-0.05, 0) is 60.9 Å². The van der Waals surface area contributed by atoms with Gasteiger partial charge in [0.15, 0.2) is 0 Å². The van der Waals surface area contributed by atoms with Crippen molar-refractivity contribution in [3.05, 3.63) is 89.0 Å². The molecule has 0 spiro atoms. The highest BCUT2D eigenvalue weighted by Gasteiger charge is 2.43. The highest BCUT2D eigenvalue weighted by atomic mass is 16.5. The Balaban J connectivity index is 1.50. The molecule has 0 bridgehead atoms. The number of benzene rings is 3. The van der Waals surface area contributed by atoms with Gasteiger partial charge < -0.3 is 14.4 Å². The van der Waals surface area contributed by atoms with Crippen molar-refractivity contribution in [2.24, 2.45) is 5.92 Å². The van der Waals surface area contributed by atoms with E-state index in [0.717, 1.165) is 24.6 Å². The third-order valence-corrected chi connectivity index (χ3v) is 6.60. The number of nitrogens with zero attached hydrogens (tertiary/aromatic N) is 1. The smallest absolute Gasteiger partial charge is 0.119 e. The Hall–Kier alpha value is -3.02. The minimum absolute atomic E-state index is 0.217. The first kappa shape index (κ1) is 20.9. The molecular formula is C27H31N3O2. The Kier molecular flexibility index (Phi) is 5.77. The normalized spacial score (nSPS) is 21.7. The molecule has 2 aliphatic rings. The minimum Gasteiger partial charge on any atom is -0.497 e. The summed E-state index contributed by atoms with van der Waals surface area (Å²) in [5, 5.41) is 0. The van der Waals surface area contributed by atoms with Gasteiger partial charge in [-0.15, -0.1) is 0 Å². The molecule has 1 fully saturated rings. The van der Waals surface area contributed by atoms with Crippen LogP contribution in [0.1, 0.15) is 41.3 Å². The first-order chi connectivity index (χ1) is 15.7. The van der Waals surface area contributed by atoms with Crippen LogP contribution < -0.4 is 25.2 Å². The quantitative estimate of drug-likeness (QED) is 0.582. The van der Waals surface area contributed by atoms with Crippen LogP contribution >= 0.6 is 0 Å². The summed E-state index contributed by atoms with van der Waals surface area (Å²) in [5.74, 6) is 2.20. The van der Waals surface area contributed by atoms with Crippen LogP contribution in [0.4, 0.5) is 5.69 Å². The second kappa shape index (κ2) is 8.85. The zero-order valence-corrected chi connectivity index (χ0v) is 19.0. The number of hydrogen-bond acceptors (Lipinski definition) is 5. The summed E-state index contributed by atoms with van der Waals surface area (Å²) in [6.45, 7) is 6.71. The van der Waals surface area contributed by atoms with E-state index >= 15 is 0 Å². The van der Waals surface area contributed by atoms with Crippen LogP contribution in [0.2, 0.25) is 0 Å². The maximum Gasteiger partial charge on any atom is 0.119 e. The summed E-state index contributed by atoms with van der Waals surface area (Å²) in [7, 11) is 1.71. The molecule has 2 aliphatic heterocycles. The minimum atomic E-state index is 0.217. The summed E-state index contributed by atoms with van der Waals surface area (Å²) in [4.78, 5) is 2.52. The molecule has 3 atom stereocenters. The molecule has 166 valence electrons. The third-order valence-electron chi connectivity index (χ3n) is 6.60. The molecule has 0 aliphatic carbocycles. The molecule has 0 radical (unpaired) electrons. The van der Waals surface area contributed by atoms with E-state index in [0.29, 0.717) is 12.5 Å². The fourth-order valence-electron chi connectivity index (χ4n) is 5.11. The number of methoxy groups -OCH3 is 1. The Morgan fingerprint density at radius 1 is 0.938 bits per heavy atom. The monoisotopic (exact) mass is 429 g/mol. The Labute approximate surface area is 190 Å². The lowest BCUT2D eigenvalue weighted by Gasteiger charge is -2.39. The van der Waals surface area contributed by atoms with Gasteiger partial charge in [0.25, 0.3) is 0 Å². The fraction of sp³-hybridized carbons (Fsp3) is 0.333. The fourth-order valence-corrected chi connectivity index (χ4v) is 5.11. The van der Waals surface area contributed by atoms with E-state index in [9.17, 15) is 0 Å². The lowest BCUT2D eigenvalue weighted by atomic mass is 9.82. The maximum atomic E-state index is 5.85. The lowest BCUT2D eigenvalue weighted by Crippen LogP contribution is -2.39. The van der Waals surface area contributed by atoms with Crippen LogP contribution in [-0.2, 0) is 6.54 Å². The van der Waals surface area contributed by atoms with Crippen LogP contribution in [-0.4, -0.2) is 20.3 Å². The van der Waals surface area contributed by atoms with Gasteiger partial charge in [0, 0.05) is 24.7 Å². The molecule has 0 saturated carbocycles. The van der Waals surface area contributed by atoms with E-state index in [2.05, 4.69) is 77.3 Å². The Morgan fingerprint density at radius 2 is 1.72 bits per heavy atom. The van der Waals surface area contributed by atoms with Crippen LogP contribution in [0.25, 0.3) is 0 Å². The number of rotatable bonds is 6. The third kappa shape index (κ3) is 3.94. The topological polar surface area (TPSA) is 45.8 Å². The van der Waals surface area contributed by atoms with Gasteiger partial charge in [0.2, 0.25) is 0 Å². The molecule has 3 aromatic rings. The van der Waals surface area contributed by atoms with Crippen molar-refractivity contribution in [3.63, 3.8) is 0 Å². The van der Waals surface area contributed by atoms with Gasteiger partial charge in [0.1, 0.15) is 11.5 Å². The zero-order valence-electron chi connectivity index (χ0n) is 19.0. The predicted molar refractivity (Wildman–Crippen MR) is 128 cm³/mol. The number of hydrazine groups is 1. The summed E-state index contributed by atoms with van der Waals surface area (Å²) in [6, 6.07) is 24.2. The predicted octanol–water partition coefficient (Wildman–Crippen LogP) is 4.93. The molecule has 5 heteroatoms. The molecule has 32 heavy (non-hydrogen) atoms. The van der Waals surface area contributed by atoms with Crippen molar-refractivity contribution in [2.75, 3.05) is 25.2 Å². The van der Waals surface area contributed by atoms with E-state index in [1.54, 1.807) is 7.11 Å². The van der Waals surface area contributed by atoms with Crippen LogP contribution in [0.5, 0.6) is 11.5 Å². The zero-order chi connectivity index (χ0) is 22.1. The van der Waals surface area contributed by atoms with Gasteiger partial charge in [-0.3, -0.25) is 0 Å². The van der Waals surface area contributed by atoms with Gasteiger partial charge in [0.05, 0.1) is 25.8 Å². The summed E-state index contributed by atoms with van der Waals surface area (Å²) in [5.41, 5.74) is 13.6. The molecule has 5 rings (SSSR count). The van der Waals surface area contributed by atoms with E-state index in [1.807, 2.05) is 19.1 Å². The van der Waals surface area contributed by atoms with Gasteiger partial charge in [-0.2, -0.15) is 0 Å². The van der Waals surface area contributed by atoms with Crippen molar-refractivity contribution in [1.29, 1.82) is 0 Å². The van der Waals surface area contributed by atoms with Gasteiger partial charge >= 0.3 is 0 Å². The van der Waals surface area contributed by atoms with E-state index in [-0.39, 0.29) is 12.1 Å². The maximum absolute atomic E-state index is 5.85. The highest BCUT2D eigenvalue weighted by Crippen LogP contribution is 2.46. The SMILES string of the molecule is CCOc1ccc2c(c1)C1NNC(c3ccc(OC)cc3)C1CN2Cc1cccc(C)c1. The molecule has 0 aromatic heterocycles. The van der Waals surface area contributed by atoms with Gasteiger partial charge in [-0.25, -0.2) is 10.9 Å². The lowest BCUT2D eigenvalue weighted by molar-refractivity contribution is 0.337. The molecular weight excluding hydrogens is 398 g/mol. The molecule has 0 amide bonds. The number of fused-ring (bicyclic) bond motifs is 3. The number of ether oxygens (including phenoxy) is 2. The van der Waals surface area contributed by atoms with Crippen LogP contribution in [0, 0.1) is 12.8 Å². The number of anilines is 1. The summed E-state index contributed by atoms with van der Waals surface area (Å²) < 4.78 is 11.2. The molecule has 5 nitrogen and oxygen atoms in total. The Morgan fingerprint density at radius 3 is 2.47 bits per heavy atom. The van der Waals surface area contributed by atoms with Crippen molar-refractivity contribution < 1.29 is 9.47 Å². The molecule has 1 saturated heterocycles. The molecule has 2 N–H and O–H groups in total. The number of aryl methyl sites for hydroxylation is 1. The van der Waals surface area contributed by atoms with E-state index in [4.69, 9.17) is 9.47 Å². The standard InChI is InChI=1S/C27H31N3O2/c1-4-32-22-12-13-25-23(15-22)27-24(17-30(25)16-19-7-5-6-18(2)14-19)26(28-29-27)20-8-10-21(31-3)11-9-20/h5-15,24,26-29H,4,16-17H2,1-3H3. The number of hydrogen-bond donors (Lipinski definition) is 2. The first-order valence-electron chi connectivity index (χ1n) is 11.4. The van der Waals surface area contributed by atoms with Crippen molar-refractivity contribution in [2.45, 2.75) is 32.5 Å². The largest absolute Gasteiger partial charge is 0.497 e. The average molecular weight is 430 g/mol. The summed E-state index contributed by atoms with van der Waals surface area (Å²) in [6.07, 6.45) is 0. The van der Waals surface area contributed by atoms with Crippen LogP contribution in [0.3, 0.4) is 0 Å². The second-order valence-electron chi connectivity index (χ2n) is 8.70. The molecule has 3 unspecified atom stereocenters. The first-order valence-corrected chi connectivity index (χ1v) is 11.4.